The maximum Gasteiger partial charge on any atom is 0.274 e. The van der Waals surface area contributed by atoms with E-state index < -0.39 is 0 Å². The molecular formula is C16H22N6O2. The average Bonchev–Trinajstić information content (AvgIpc) is 3.14. The molecule has 3 heterocycles. The van der Waals surface area contributed by atoms with E-state index in [4.69, 9.17) is 0 Å². The predicted molar refractivity (Wildman–Crippen MR) is 88.6 cm³/mol. The lowest BCUT2D eigenvalue weighted by molar-refractivity contribution is -0.116. The molecule has 1 N–H and O–H groups in total. The highest BCUT2D eigenvalue weighted by Crippen LogP contribution is 2.19. The van der Waals surface area contributed by atoms with Gasteiger partial charge >= 0.3 is 0 Å². The predicted octanol–water partition coefficient (Wildman–Crippen LogP) is 1.19. The molecule has 0 unspecified atom stereocenters. The number of aryl methyl sites for hydroxylation is 2. The van der Waals surface area contributed by atoms with Crippen LogP contribution in [0.25, 0.3) is 0 Å². The maximum absolute atomic E-state index is 12.8. The molecule has 1 fully saturated rings. The first kappa shape index (κ1) is 16.2. The van der Waals surface area contributed by atoms with Gasteiger partial charge in [0.25, 0.3) is 5.91 Å². The number of anilines is 1. The summed E-state index contributed by atoms with van der Waals surface area (Å²) in [6, 6.07) is 1.84. The Bertz CT molecular complexity index is 742. The standard InChI is InChI=1S/C16H22N6O2/c1-12-6-7-17-22(12)11-14(23)19-13-10-18-20(2)15(13)16(24)21-8-4-3-5-9-21/h6-7,10H,3-5,8-9,11H2,1-2H3,(H,19,23). The maximum atomic E-state index is 12.8. The monoisotopic (exact) mass is 330 g/mol. The number of nitrogens with one attached hydrogen (secondary N) is 1. The Balaban J connectivity index is 1.73. The minimum Gasteiger partial charge on any atom is -0.337 e. The molecule has 2 amide bonds. The lowest BCUT2D eigenvalue weighted by atomic mass is 10.1. The number of hydrogen-bond acceptors (Lipinski definition) is 4. The summed E-state index contributed by atoms with van der Waals surface area (Å²) in [5.74, 6) is -0.317. The number of aromatic nitrogens is 4. The SMILES string of the molecule is Cc1ccnn1CC(=O)Nc1cnn(C)c1C(=O)N1CCCCC1. The van der Waals surface area contributed by atoms with Gasteiger partial charge in [-0.2, -0.15) is 10.2 Å². The van der Waals surface area contributed by atoms with Gasteiger partial charge < -0.3 is 10.2 Å². The van der Waals surface area contributed by atoms with Crippen molar-refractivity contribution >= 4 is 17.5 Å². The Morgan fingerprint density at radius 2 is 1.96 bits per heavy atom. The van der Waals surface area contributed by atoms with E-state index in [0.29, 0.717) is 11.4 Å². The van der Waals surface area contributed by atoms with E-state index in [9.17, 15) is 9.59 Å². The second-order valence-corrected chi connectivity index (χ2v) is 6.06. The van der Waals surface area contributed by atoms with Crippen LogP contribution < -0.4 is 5.32 Å². The first-order chi connectivity index (χ1) is 11.6. The van der Waals surface area contributed by atoms with Gasteiger partial charge in [0.15, 0.2) is 0 Å². The highest BCUT2D eigenvalue weighted by Gasteiger charge is 2.25. The van der Waals surface area contributed by atoms with E-state index in [1.54, 1.807) is 17.9 Å². The molecule has 1 saturated heterocycles. The largest absolute Gasteiger partial charge is 0.337 e. The fraction of sp³-hybridized carbons (Fsp3) is 0.500. The van der Waals surface area contributed by atoms with Gasteiger partial charge in [-0.05, 0) is 32.3 Å². The number of piperidine rings is 1. The van der Waals surface area contributed by atoms with E-state index in [0.717, 1.165) is 38.0 Å². The van der Waals surface area contributed by atoms with Crippen molar-refractivity contribution in [1.29, 1.82) is 0 Å². The Kier molecular flexibility index (Phi) is 4.64. The van der Waals surface area contributed by atoms with Crippen molar-refractivity contribution in [3.05, 3.63) is 29.8 Å². The molecule has 8 heteroatoms. The zero-order chi connectivity index (χ0) is 17.1. The quantitative estimate of drug-likeness (QED) is 0.912. The van der Waals surface area contributed by atoms with Gasteiger partial charge in [0.2, 0.25) is 5.91 Å². The summed E-state index contributed by atoms with van der Waals surface area (Å²) in [7, 11) is 1.71. The van der Waals surface area contributed by atoms with Crippen LogP contribution in [0.1, 0.15) is 35.4 Å². The molecule has 0 aliphatic carbocycles. The molecule has 0 spiro atoms. The van der Waals surface area contributed by atoms with Gasteiger partial charge in [0, 0.05) is 32.0 Å². The van der Waals surface area contributed by atoms with Gasteiger partial charge in [-0.3, -0.25) is 19.0 Å². The van der Waals surface area contributed by atoms with Crippen LogP contribution in [0.15, 0.2) is 18.5 Å². The van der Waals surface area contributed by atoms with Crippen molar-refractivity contribution in [3.8, 4) is 0 Å². The molecule has 2 aromatic heterocycles. The van der Waals surface area contributed by atoms with Crippen LogP contribution in [-0.4, -0.2) is 49.4 Å². The lowest BCUT2D eigenvalue weighted by Crippen LogP contribution is -2.37. The number of rotatable bonds is 4. The van der Waals surface area contributed by atoms with Crippen LogP contribution in [0.2, 0.25) is 0 Å². The Morgan fingerprint density at radius 1 is 1.21 bits per heavy atom. The van der Waals surface area contributed by atoms with Crippen LogP contribution in [0, 0.1) is 6.92 Å². The third-order valence-electron chi connectivity index (χ3n) is 4.28. The molecule has 0 bridgehead atoms. The van der Waals surface area contributed by atoms with Crippen molar-refractivity contribution in [2.45, 2.75) is 32.7 Å². The zero-order valence-electron chi connectivity index (χ0n) is 14.0. The van der Waals surface area contributed by atoms with Gasteiger partial charge in [0.1, 0.15) is 12.2 Å². The van der Waals surface area contributed by atoms with Crippen molar-refractivity contribution in [1.82, 2.24) is 24.5 Å². The number of carbonyl (C=O) groups is 2. The fourth-order valence-electron chi connectivity index (χ4n) is 2.92. The zero-order valence-corrected chi connectivity index (χ0v) is 14.0. The first-order valence-corrected chi connectivity index (χ1v) is 8.16. The molecule has 1 aliphatic heterocycles. The van der Waals surface area contributed by atoms with E-state index in [2.05, 4.69) is 15.5 Å². The summed E-state index contributed by atoms with van der Waals surface area (Å²) in [5.41, 5.74) is 1.77. The lowest BCUT2D eigenvalue weighted by Gasteiger charge is -2.27. The summed E-state index contributed by atoms with van der Waals surface area (Å²) in [4.78, 5) is 26.8. The van der Waals surface area contributed by atoms with E-state index in [1.165, 1.54) is 10.9 Å². The van der Waals surface area contributed by atoms with Crippen LogP contribution in [0.3, 0.4) is 0 Å². The fourth-order valence-corrected chi connectivity index (χ4v) is 2.92. The summed E-state index contributed by atoms with van der Waals surface area (Å²) >= 11 is 0. The topological polar surface area (TPSA) is 85.0 Å². The van der Waals surface area contributed by atoms with Crippen LogP contribution in [-0.2, 0) is 18.4 Å². The average molecular weight is 330 g/mol. The van der Waals surface area contributed by atoms with Gasteiger partial charge in [-0.15, -0.1) is 0 Å². The number of carbonyl (C=O) groups excluding carboxylic acids is 2. The van der Waals surface area contributed by atoms with Gasteiger partial charge in [-0.1, -0.05) is 0 Å². The van der Waals surface area contributed by atoms with E-state index in [-0.39, 0.29) is 18.4 Å². The molecule has 3 rings (SSSR count). The van der Waals surface area contributed by atoms with Crippen molar-refractivity contribution < 1.29 is 9.59 Å². The number of hydrogen-bond donors (Lipinski definition) is 1. The van der Waals surface area contributed by atoms with Crippen molar-refractivity contribution in [2.24, 2.45) is 7.05 Å². The van der Waals surface area contributed by atoms with Crippen molar-refractivity contribution in [2.75, 3.05) is 18.4 Å². The Hall–Kier alpha value is -2.64. The third-order valence-corrected chi connectivity index (χ3v) is 4.28. The normalized spacial score (nSPS) is 14.7. The number of likely N-dealkylation sites (tertiary alicyclic amines) is 1. The molecule has 8 nitrogen and oxygen atoms in total. The van der Waals surface area contributed by atoms with Crippen LogP contribution in [0.4, 0.5) is 5.69 Å². The minimum atomic E-state index is -0.234. The highest BCUT2D eigenvalue weighted by atomic mass is 16.2. The van der Waals surface area contributed by atoms with Crippen LogP contribution in [0.5, 0.6) is 0 Å². The highest BCUT2D eigenvalue weighted by molar-refractivity contribution is 6.02. The molecule has 24 heavy (non-hydrogen) atoms. The minimum absolute atomic E-state index is 0.0831. The van der Waals surface area contributed by atoms with E-state index in [1.807, 2.05) is 17.9 Å². The number of amides is 2. The summed E-state index contributed by atoms with van der Waals surface area (Å²) in [6.45, 7) is 3.49. The van der Waals surface area contributed by atoms with Gasteiger partial charge in [-0.25, -0.2) is 0 Å². The molecule has 1 aliphatic rings. The molecule has 0 radical (unpaired) electrons. The molecule has 0 saturated carbocycles. The Morgan fingerprint density at radius 3 is 2.62 bits per heavy atom. The number of nitrogens with zero attached hydrogens (tertiary/aromatic N) is 5. The third kappa shape index (κ3) is 3.32. The Labute approximate surface area is 140 Å². The summed E-state index contributed by atoms with van der Waals surface area (Å²) < 4.78 is 3.13. The molecule has 0 atom stereocenters. The van der Waals surface area contributed by atoms with Crippen LogP contribution >= 0.6 is 0 Å². The van der Waals surface area contributed by atoms with Gasteiger partial charge in [0.05, 0.1) is 11.9 Å². The molecule has 128 valence electrons. The van der Waals surface area contributed by atoms with E-state index >= 15 is 0 Å². The summed E-state index contributed by atoms with van der Waals surface area (Å²) in [6.07, 6.45) is 6.36. The van der Waals surface area contributed by atoms with Crippen molar-refractivity contribution in [3.63, 3.8) is 0 Å². The summed E-state index contributed by atoms with van der Waals surface area (Å²) in [5, 5.41) is 11.0. The molecule has 2 aromatic rings. The second-order valence-electron chi connectivity index (χ2n) is 6.06. The first-order valence-electron chi connectivity index (χ1n) is 8.16. The smallest absolute Gasteiger partial charge is 0.274 e. The molecule has 0 aromatic carbocycles. The second kappa shape index (κ2) is 6.86. The molecular weight excluding hydrogens is 308 g/mol.